The molecule has 0 spiro atoms. The lowest BCUT2D eigenvalue weighted by Gasteiger charge is -2.15. The monoisotopic (exact) mass is 632 g/mol. The van der Waals surface area contributed by atoms with Crippen LogP contribution in [0.25, 0.3) is 0 Å². The summed E-state index contributed by atoms with van der Waals surface area (Å²) in [5.41, 5.74) is 6.82. The first-order valence-corrected chi connectivity index (χ1v) is 11.0. The highest BCUT2D eigenvalue weighted by molar-refractivity contribution is 14.1. The van der Waals surface area contributed by atoms with Gasteiger partial charge < -0.3 is 25.3 Å². The minimum atomic E-state index is -1.05. The van der Waals surface area contributed by atoms with E-state index in [1.165, 1.54) is 16.7 Å². The summed E-state index contributed by atoms with van der Waals surface area (Å²) < 4.78 is 9.16. The Balaban J connectivity index is 1.85. The molecule has 0 radical (unpaired) electrons. The molecule has 0 saturated heterocycles. The van der Waals surface area contributed by atoms with Gasteiger partial charge >= 0.3 is 5.97 Å². The predicted octanol–water partition coefficient (Wildman–Crippen LogP) is 3.56. The number of benzene rings is 2. The number of halogens is 2. The van der Waals surface area contributed by atoms with Gasteiger partial charge in [-0.05, 0) is 93.6 Å². The molecule has 2 aromatic carbocycles. The molecule has 30 heavy (non-hydrogen) atoms. The first-order chi connectivity index (χ1) is 14.2. The highest BCUT2D eigenvalue weighted by Gasteiger charge is 2.16. The Morgan fingerprint density at radius 1 is 1.13 bits per heavy atom. The summed E-state index contributed by atoms with van der Waals surface area (Å²) in [5.74, 6) is 0.157. The van der Waals surface area contributed by atoms with Crippen LogP contribution in [0, 0.1) is 7.14 Å². The van der Waals surface area contributed by atoms with E-state index in [1.54, 1.807) is 30.5 Å². The molecule has 1 heterocycles. The van der Waals surface area contributed by atoms with Crippen molar-refractivity contribution >= 4 is 51.2 Å². The molecular formula is C21H18I2N2O5. The van der Waals surface area contributed by atoms with Crippen LogP contribution < -0.4 is 16.0 Å². The Kier molecular flexibility index (Phi) is 7.36. The van der Waals surface area contributed by atoms with Gasteiger partial charge in [0.05, 0.1) is 13.7 Å². The molecule has 0 unspecified atom stereocenters. The van der Waals surface area contributed by atoms with Gasteiger partial charge in [0.25, 0.3) is 5.56 Å². The Labute approximate surface area is 199 Å². The lowest BCUT2D eigenvalue weighted by atomic mass is 10.1. The van der Waals surface area contributed by atoms with Crippen LogP contribution in [-0.2, 0) is 17.8 Å². The van der Waals surface area contributed by atoms with Crippen LogP contribution in [0.5, 0.6) is 17.2 Å². The molecular weight excluding hydrogens is 614 g/mol. The zero-order valence-electron chi connectivity index (χ0n) is 15.6. The number of carboxylic acid groups (broad SMARTS) is 1. The second-order valence-corrected chi connectivity index (χ2v) is 8.92. The molecule has 0 fully saturated rings. The van der Waals surface area contributed by atoms with Crippen LogP contribution in [0.4, 0.5) is 0 Å². The Morgan fingerprint density at radius 2 is 1.83 bits per heavy atom. The Hall–Kier alpha value is -2.12. The SMILES string of the molecule is N[C@@H](Cc1cc(I)c(Oc2ccc(O)c(Cn3ccccc3=O)c2)c(I)c1)C(=O)O. The number of carboxylic acids is 1. The number of aliphatic carboxylic acids is 1. The summed E-state index contributed by atoms with van der Waals surface area (Å²) in [6, 6.07) is 12.4. The first-order valence-electron chi connectivity index (χ1n) is 8.86. The third kappa shape index (κ3) is 5.52. The summed E-state index contributed by atoms with van der Waals surface area (Å²) in [4.78, 5) is 23.0. The van der Waals surface area contributed by atoms with Gasteiger partial charge in [-0.25, -0.2) is 0 Å². The molecule has 1 aromatic heterocycles. The maximum Gasteiger partial charge on any atom is 0.320 e. The molecule has 3 rings (SSSR count). The molecule has 0 aliphatic heterocycles. The third-order valence-corrected chi connectivity index (χ3v) is 5.94. The average molecular weight is 632 g/mol. The number of hydrogen-bond acceptors (Lipinski definition) is 5. The van der Waals surface area contributed by atoms with E-state index in [2.05, 4.69) is 45.2 Å². The topological polar surface area (TPSA) is 115 Å². The maximum absolute atomic E-state index is 12.0. The Morgan fingerprint density at radius 3 is 2.47 bits per heavy atom. The van der Waals surface area contributed by atoms with Gasteiger partial charge in [-0.2, -0.15) is 0 Å². The number of aromatic nitrogens is 1. The fraction of sp³-hybridized carbons (Fsp3) is 0.143. The number of ether oxygens (including phenoxy) is 1. The third-order valence-electron chi connectivity index (χ3n) is 4.34. The summed E-state index contributed by atoms with van der Waals surface area (Å²) in [6.45, 7) is 0.211. The van der Waals surface area contributed by atoms with Gasteiger partial charge in [-0.3, -0.25) is 9.59 Å². The highest BCUT2D eigenvalue weighted by atomic mass is 127. The minimum absolute atomic E-state index is 0.0699. The van der Waals surface area contributed by atoms with E-state index in [1.807, 2.05) is 12.1 Å². The molecule has 0 aliphatic carbocycles. The predicted molar refractivity (Wildman–Crippen MR) is 129 cm³/mol. The second kappa shape index (κ2) is 9.79. The lowest BCUT2D eigenvalue weighted by molar-refractivity contribution is -0.138. The van der Waals surface area contributed by atoms with Crippen LogP contribution in [0.1, 0.15) is 11.1 Å². The number of phenolic OH excluding ortho intramolecular Hbond substituents is 1. The standard InChI is InChI=1S/C21H18I2N2O5/c22-15-7-12(9-17(24)21(28)29)8-16(23)20(15)30-14-4-5-18(26)13(10-14)11-25-6-2-1-3-19(25)27/h1-8,10,17,26H,9,11,24H2,(H,28,29)/t17-/m0/s1. The highest BCUT2D eigenvalue weighted by Crippen LogP contribution is 2.34. The minimum Gasteiger partial charge on any atom is -0.508 e. The molecule has 3 aromatic rings. The zero-order chi connectivity index (χ0) is 21.8. The fourth-order valence-electron chi connectivity index (χ4n) is 2.81. The molecule has 4 N–H and O–H groups in total. The lowest BCUT2D eigenvalue weighted by Crippen LogP contribution is -2.32. The number of rotatable bonds is 7. The molecule has 0 amide bonds. The van der Waals surface area contributed by atoms with Gasteiger partial charge in [0.15, 0.2) is 5.75 Å². The van der Waals surface area contributed by atoms with Gasteiger partial charge in [0.1, 0.15) is 17.5 Å². The number of nitrogens with two attached hydrogens (primary N) is 1. The number of nitrogens with zero attached hydrogens (tertiary/aromatic N) is 1. The zero-order valence-corrected chi connectivity index (χ0v) is 19.9. The molecule has 156 valence electrons. The van der Waals surface area contributed by atoms with Crippen molar-refractivity contribution in [2.45, 2.75) is 19.0 Å². The molecule has 0 saturated carbocycles. The normalized spacial score (nSPS) is 11.8. The van der Waals surface area contributed by atoms with E-state index < -0.39 is 12.0 Å². The van der Waals surface area contributed by atoms with Gasteiger partial charge in [-0.15, -0.1) is 0 Å². The molecule has 9 heteroatoms. The molecule has 1 atom stereocenters. The summed E-state index contributed by atoms with van der Waals surface area (Å²) >= 11 is 4.26. The van der Waals surface area contributed by atoms with Crippen molar-refractivity contribution in [3.8, 4) is 17.2 Å². The van der Waals surface area contributed by atoms with Crippen molar-refractivity contribution in [2.75, 3.05) is 0 Å². The van der Waals surface area contributed by atoms with Crippen molar-refractivity contribution in [2.24, 2.45) is 5.73 Å². The van der Waals surface area contributed by atoms with Gasteiger partial charge in [-0.1, -0.05) is 6.07 Å². The van der Waals surface area contributed by atoms with E-state index >= 15 is 0 Å². The van der Waals surface area contributed by atoms with Crippen LogP contribution in [-0.4, -0.2) is 26.8 Å². The largest absolute Gasteiger partial charge is 0.508 e. The fourth-order valence-corrected chi connectivity index (χ4v) is 4.93. The van der Waals surface area contributed by atoms with Crippen LogP contribution >= 0.6 is 45.2 Å². The van der Waals surface area contributed by atoms with Gasteiger partial charge in [0, 0.05) is 17.8 Å². The van der Waals surface area contributed by atoms with Crippen LogP contribution in [0.3, 0.4) is 0 Å². The number of aromatic hydroxyl groups is 1. The van der Waals surface area contributed by atoms with E-state index in [9.17, 15) is 14.7 Å². The van der Waals surface area contributed by atoms with Crippen molar-refractivity contribution in [3.63, 3.8) is 0 Å². The quantitative estimate of drug-likeness (QED) is 0.344. The summed E-state index contributed by atoms with van der Waals surface area (Å²) in [6.07, 6.45) is 1.87. The van der Waals surface area contributed by atoms with Crippen LogP contribution in [0.15, 0.2) is 59.5 Å². The number of hydrogen-bond donors (Lipinski definition) is 3. The molecule has 0 bridgehead atoms. The second-order valence-electron chi connectivity index (χ2n) is 6.60. The van der Waals surface area contributed by atoms with Crippen molar-refractivity contribution in [1.29, 1.82) is 0 Å². The van der Waals surface area contributed by atoms with E-state index in [0.717, 1.165) is 12.7 Å². The number of pyridine rings is 1. The Bertz CT molecular complexity index is 1120. The maximum atomic E-state index is 12.0. The summed E-state index contributed by atoms with van der Waals surface area (Å²) in [5, 5.41) is 19.2. The number of phenols is 1. The summed E-state index contributed by atoms with van der Waals surface area (Å²) in [7, 11) is 0. The van der Waals surface area contributed by atoms with E-state index in [4.69, 9.17) is 15.6 Å². The first kappa shape index (κ1) is 22.6. The number of carbonyl (C=O) groups is 1. The van der Waals surface area contributed by atoms with Crippen molar-refractivity contribution in [3.05, 3.63) is 83.3 Å². The molecule has 7 nitrogen and oxygen atoms in total. The van der Waals surface area contributed by atoms with Crippen molar-refractivity contribution in [1.82, 2.24) is 4.57 Å². The van der Waals surface area contributed by atoms with E-state index in [-0.39, 0.29) is 24.3 Å². The van der Waals surface area contributed by atoms with E-state index in [0.29, 0.717) is 17.1 Å². The van der Waals surface area contributed by atoms with Crippen LogP contribution in [0.2, 0.25) is 0 Å². The van der Waals surface area contributed by atoms with Gasteiger partial charge in [0.2, 0.25) is 0 Å². The smallest absolute Gasteiger partial charge is 0.320 e. The van der Waals surface area contributed by atoms with Crippen molar-refractivity contribution < 1.29 is 19.7 Å². The molecule has 0 aliphatic rings. The average Bonchev–Trinajstić information content (AvgIpc) is 2.68.